The molecule has 1 N–H and O–H groups in total. The highest BCUT2D eigenvalue weighted by Crippen LogP contribution is 2.21. The second kappa shape index (κ2) is 10.0. The molecule has 1 aliphatic rings. The summed E-state index contributed by atoms with van der Waals surface area (Å²) in [5, 5.41) is 2.56. The molecule has 162 valence electrons. The van der Waals surface area contributed by atoms with Crippen LogP contribution in [-0.2, 0) is 14.8 Å². The Morgan fingerprint density at radius 3 is 2.37 bits per heavy atom. The first kappa shape index (κ1) is 22.2. The van der Waals surface area contributed by atoms with Crippen molar-refractivity contribution < 1.29 is 22.3 Å². The predicted molar refractivity (Wildman–Crippen MR) is 112 cm³/mol. The van der Waals surface area contributed by atoms with Crippen LogP contribution in [-0.4, -0.2) is 62.9 Å². The van der Waals surface area contributed by atoms with Crippen molar-refractivity contribution in [1.29, 1.82) is 0 Å². The molecule has 2 aromatic rings. The average molecular weight is 436 g/mol. The maximum Gasteiger partial charge on any atom is 0.243 e. The molecule has 0 radical (unpaired) electrons. The van der Waals surface area contributed by atoms with Gasteiger partial charge in [-0.05, 0) is 43.3 Å². The zero-order chi connectivity index (χ0) is 21.6. The van der Waals surface area contributed by atoms with Crippen molar-refractivity contribution in [2.45, 2.75) is 18.2 Å². The highest BCUT2D eigenvalue weighted by atomic mass is 32.2. The number of ether oxygens (including phenoxy) is 1. The fourth-order valence-corrected chi connectivity index (χ4v) is 4.67. The van der Waals surface area contributed by atoms with E-state index in [2.05, 4.69) is 5.32 Å². The van der Waals surface area contributed by atoms with E-state index in [0.717, 1.165) is 0 Å². The lowest BCUT2D eigenvalue weighted by Crippen LogP contribution is -2.49. The second-order valence-electron chi connectivity index (χ2n) is 6.93. The van der Waals surface area contributed by atoms with Gasteiger partial charge < -0.3 is 15.0 Å². The Morgan fingerprint density at radius 1 is 1.07 bits per heavy atom. The van der Waals surface area contributed by atoms with Crippen molar-refractivity contribution in [3.63, 3.8) is 0 Å². The van der Waals surface area contributed by atoms with Crippen molar-refractivity contribution >= 4 is 21.6 Å². The first-order chi connectivity index (χ1) is 14.4. The van der Waals surface area contributed by atoms with Crippen LogP contribution in [0.4, 0.5) is 10.1 Å². The van der Waals surface area contributed by atoms with Crippen LogP contribution in [0.2, 0.25) is 0 Å². The van der Waals surface area contributed by atoms with Crippen molar-refractivity contribution in [3.05, 3.63) is 54.3 Å². The van der Waals surface area contributed by atoms with E-state index in [0.29, 0.717) is 45.1 Å². The molecule has 7 nitrogen and oxygen atoms in total. The van der Waals surface area contributed by atoms with Gasteiger partial charge >= 0.3 is 0 Å². The fraction of sp³-hybridized carbons (Fsp3) is 0.381. The molecule has 0 aromatic heterocycles. The zero-order valence-corrected chi connectivity index (χ0v) is 17.7. The van der Waals surface area contributed by atoms with E-state index in [1.807, 2.05) is 11.8 Å². The maximum atomic E-state index is 13.6. The van der Waals surface area contributed by atoms with E-state index in [-0.39, 0.29) is 22.9 Å². The molecule has 0 spiro atoms. The minimum atomic E-state index is -3.56. The van der Waals surface area contributed by atoms with E-state index < -0.39 is 15.8 Å². The molecule has 2 aromatic carbocycles. The van der Waals surface area contributed by atoms with Gasteiger partial charge in [-0.15, -0.1) is 0 Å². The van der Waals surface area contributed by atoms with Crippen LogP contribution in [0.15, 0.2) is 53.4 Å². The molecular weight excluding hydrogens is 409 g/mol. The van der Waals surface area contributed by atoms with Crippen molar-refractivity contribution in [1.82, 2.24) is 9.21 Å². The molecule has 0 saturated carbocycles. The average Bonchev–Trinajstić information content (AvgIpc) is 2.75. The Hall–Kier alpha value is -2.49. The number of halogens is 1. The lowest BCUT2D eigenvalue weighted by molar-refractivity contribution is -0.116. The van der Waals surface area contributed by atoms with Gasteiger partial charge in [0.25, 0.3) is 0 Å². The Morgan fingerprint density at radius 2 is 1.73 bits per heavy atom. The normalized spacial score (nSPS) is 15.7. The predicted octanol–water partition coefficient (Wildman–Crippen LogP) is 2.56. The van der Waals surface area contributed by atoms with Gasteiger partial charge in [-0.25, -0.2) is 12.8 Å². The molecule has 3 rings (SSSR count). The number of rotatable bonds is 8. The molecule has 1 amide bonds. The molecule has 1 heterocycles. The minimum absolute atomic E-state index is 0.161. The second-order valence-corrected chi connectivity index (χ2v) is 8.87. The summed E-state index contributed by atoms with van der Waals surface area (Å²) in [4.78, 5) is 14.3. The van der Waals surface area contributed by atoms with Crippen LogP contribution in [0, 0.1) is 5.82 Å². The molecule has 0 aliphatic carbocycles. The summed E-state index contributed by atoms with van der Waals surface area (Å²) in [6, 6.07) is 12.4. The molecule has 0 bridgehead atoms. The van der Waals surface area contributed by atoms with Gasteiger partial charge in [-0.3, -0.25) is 4.79 Å². The van der Waals surface area contributed by atoms with Crippen LogP contribution in [0.5, 0.6) is 5.75 Å². The summed E-state index contributed by atoms with van der Waals surface area (Å²) in [6.45, 7) is 4.64. The number of nitrogens with zero attached hydrogens (tertiary/aromatic N) is 2. The van der Waals surface area contributed by atoms with E-state index in [1.165, 1.54) is 16.4 Å². The topological polar surface area (TPSA) is 79.0 Å². The SMILES string of the molecule is CCOc1ccc(S(=O)(=O)N2CCN(CCC(=O)Nc3ccccc3F)CC2)cc1. The molecular formula is C21H26FN3O4S. The van der Waals surface area contributed by atoms with Crippen LogP contribution in [0.25, 0.3) is 0 Å². The third kappa shape index (κ3) is 5.56. The lowest BCUT2D eigenvalue weighted by atomic mass is 10.2. The highest BCUT2D eigenvalue weighted by molar-refractivity contribution is 7.89. The number of hydrogen-bond acceptors (Lipinski definition) is 5. The number of amides is 1. The number of hydrogen-bond donors (Lipinski definition) is 1. The quantitative estimate of drug-likeness (QED) is 0.690. The van der Waals surface area contributed by atoms with Gasteiger partial charge in [0.15, 0.2) is 0 Å². The number of sulfonamides is 1. The Labute approximate surface area is 176 Å². The number of piperazine rings is 1. The van der Waals surface area contributed by atoms with E-state index >= 15 is 0 Å². The molecule has 1 aliphatic heterocycles. The molecule has 1 fully saturated rings. The Balaban J connectivity index is 1.48. The smallest absolute Gasteiger partial charge is 0.243 e. The minimum Gasteiger partial charge on any atom is -0.494 e. The third-order valence-electron chi connectivity index (χ3n) is 4.91. The van der Waals surface area contributed by atoms with Crippen molar-refractivity contribution in [2.24, 2.45) is 0 Å². The van der Waals surface area contributed by atoms with Gasteiger partial charge in [-0.1, -0.05) is 12.1 Å². The number of carbonyl (C=O) groups excluding carboxylic acids is 1. The van der Waals surface area contributed by atoms with Crippen molar-refractivity contribution in [3.8, 4) is 5.75 Å². The van der Waals surface area contributed by atoms with Crippen LogP contribution >= 0.6 is 0 Å². The van der Waals surface area contributed by atoms with E-state index in [1.54, 1.807) is 36.4 Å². The summed E-state index contributed by atoms with van der Waals surface area (Å²) in [6.07, 6.45) is 0.208. The number of benzene rings is 2. The summed E-state index contributed by atoms with van der Waals surface area (Å²) in [5.74, 6) is -0.113. The van der Waals surface area contributed by atoms with Gasteiger partial charge in [0.1, 0.15) is 11.6 Å². The molecule has 0 unspecified atom stereocenters. The largest absolute Gasteiger partial charge is 0.494 e. The van der Waals surface area contributed by atoms with Gasteiger partial charge in [0.2, 0.25) is 15.9 Å². The molecule has 30 heavy (non-hydrogen) atoms. The monoisotopic (exact) mass is 435 g/mol. The van der Waals surface area contributed by atoms with Gasteiger partial charge in [0, 0.05) is 39.1 Å². The molecule has 9 heteroatoms. The maximum absolute atomic E-state index is 13.6. The number of carbonyl (C=O) groups is 1. The standard InChI is InChI=1S/C21H26FN3O4S/c1-2-29-17-7-9-18(10-8-17)30(27,28)25-15-13-24(14-16-25)12-11-21(26)23-20-6-4-3-5-19(20)22/h3-10H,2,11-16H2,1H3,(H,23,26). The Kier molecular flexibility index (Phi) is 7.41. The summed E-state index contributed by atoms with van der Waals surface area (Å²) >= 11 is 0. The van der Waals surface area contributed by atoms with Crippen molar-refractivity contribution in [2.75, 3.05) is 44.6 Å². The first-order valence-electron chi connectivity index (χ1n) is 9.90. The van der Waals surface area contributed by atoms with Crippen LogP contribution in [0.3, 0.4) is 0 Å². The summed E-state index contributed by atoms with van der Waals surface area (Å²) < 4.78 is 46.1. The molecule has 0 atom stereocenters. The van der Waals surface area contributed by atoms with Gasteiger partial charge in [0.05, 0.1) is 17.2 Å². The molecule has 1 saturated heterocycles. The Bertz CT molecular complexity index is 958. The first-order valence-corrected chi connectivity index (χ1v) is 11.3. The highest BCUT2D eigenvalue weighted by Gasteiger charge is 2.28. The third-order valence-corrected chi connectivity index (χ3v) is 6.82. The van der Waals surface area contributed by atoms with E-state index in [9.17, 15) is 17.6 Å². The summed E-state index contributed by atoms with van der Waals surface area (Å²) in [5.41, 5.74) is 0.161. The van der Waals surface area contributed by atoms with E-state index in [4.69, 9.17) is 4.74 Å². The fourth-order valence-electron chi connectivity index (χ4n) is 3.25. The number of nitrogens with one attached hydrogen (secondary N) is 1. The van der Waals surface area contributed by atoms with Gasteiger partial charge in [-0.2, -0.15) is 4.31 Å². The lowest BCUT2D eigenvalue weighted by Gasteiger charge is -2.33. The van der Waals surface area contributed by atoms with Crippen LogP contribution in [0.1, 0.15) is 13.3 Å². The number of para-hydroxylation sites is 1. The number of anilines is 1. The summed E-state index contributed by atoms with van der Waals surface area (Å²) in [7, 11) is -3.56. The zero-order valence-electron chi connectivity index (χ0n) is 16.9. The van der Waals surface area contributed by atoms with Crippen LogP contribution < -0.4 is 10.1 Å².